The van der Waals surface area contributed by atoms with Crippen molar-refractivity contribution in [3.05, 3.63) is 65.3 Å². The third-order valence-corrected chi connectivity index (χ3v) is 5.99. The van der Waals surface area contributed by atoms with Crippen LogP contribution in [0.5, 0.6) is 0 Å². The number of hydrogen-bond acceptors (Lipinski definition) is 4. The maximum Gasteiger partial charge on any atom is 0.154 e. The van der Waals surface area contributed by atoms with Gasteiger partial charge >= 0.3 is 0 Å². The fourth-order valence-electron chi connectivity index (χ4n) is 4.35. The number of aromatic nitrogens is 2. The topological polar surface area (TPSA) is 43.4 Å². The first kappa shape index (κ1) is 17.7. The molecule has 5 nitrogen and oxygen atoms in total. The predicted octanol–water partition coefficient (Wildman–Crippen LogP) is 4.21. The number of furan rings is 1. The van der Waals surface area contributed by atoms with Crippen LogP contribution >= 0.6 is 0 Å². The molecule has 1 aromatic carbocycles. The summed E-state index contributed by atoms with van der Waals surface area (Å²) in [5.41, 5.74) is 3.51. The Hall–Kier alpha value is -2.37. The molecule has 1 fully saturated rings. The maximum absolute atomic E-state index is 6.73. The van der Waals surface area contributed by atoms with Crippen LogP contribution in [0.4, 0.5) is 0 Å². The molecule has 28 heavy (non-hydrogen) atoms. The molecule has 0 saturated carbocycles. The largest absolute Gasteiger partial charge is 0.460 e. The van der Waals surface area contributed by atoms with E-state index in [0.29, 0.717) is 0 Å². The van der Waals surface area contributed by atoms with Gasteiger partial charge < -0.3 is 18.6 Å². The first-order chi connectivity index (χ1) is 13.7. The van der Waals surface area contributed by atoms with Crippen molar-refractivity contribution in [3.63, 3.8) is 0 Å². The number of fused-ring (bicyclic) bond motifs is 2. The molecular formula is C23H27N3O2. The number of nitrogens with zero attached hydrogens (tertiary/aromatic N) is 3. The second-order valence-electron chi connectivity index (χ2n) is 8.06. The number of hydrogen-bond donors (Lipinski definition) is 0. The molecule has 0 N–H and O–H groups in total. The predicted molar refractivity (Wildman–Crippen MR) is 108 cm³/mol. The Morgan fingerprint density at radius 2 is 1.89 bits per heavy atom. The Kier molecular flexibility index (Phi) is 4.57. The Morgan fingerprint density at radius 3 is 2.68 bits per heavy atom. The van der Waals surface area contributed by atoms with Gasteiger partial charge in [-0.3, -0.25) is 0 Å². The van der Waals surface area contributed by atoms with Crippen LogP contribution in [0.25, 0.3) is 11.5 Å². The highest BCUT2D eigenvalue weighted by molar-refractivity contribution is 5.52. The zero-order valence-electron chi connectivity index (χ0n) is 16.6. The fourth-order valence-corrected chi connectivity index (χ4v) is 4.35. The number of aryl methyl sites for hydroxylation is 3. The smallest absolute Gasteiger partial charge is 0.154 e. The van der Waals surface area contributed by atoms with Crippen LogP contribution in [0.15, 0.2) is 47.0 Å². The van der Waals surface area contributed by atoms with Crippen molar-refractivity contribution < 1.29 is 9.15 Å². The molecular weight excluding hydrogens is 350 g/mol. The lowest BCUT2D eigenvalue weighted by Gasteiger charge is -2.32. The standard InChI is InChI=1S/C23H27N3O2/c1-16-7-8-21(27-16)20-15-26-14-9-17-5-3-4-6-19(17)22(23(26)24-20)28-18-10-12-25(2)13-11-18/h3-8,15,18,22H,9-14H2,1-2H3. The molecule has 4 heterocycles. The molecule has 2 aromatic heterocycles. The van der Waals surface area contributed by atoms with E-state index in [1.54, 1.807) is 0 Å². The van der Waals surface area contributed by atoms with E-state index in [0.717, 1.165) is 61.9 Å². The van der Waals surface area contributed by atoms with Gasteiger partial charge in [0.15, 0.2) is 5.76 Å². The number of imidazole rings is 1. The van der Waals surface area contributed by atoms with Crippen molar-refractivity contribution in [1.82, 2.24) is 14.5 Å². The number of piperidine rings is 1. The molecule has 146 valence electrons. The van der Waals surface area contributed by atoms with E-state index in [4.69, 9.17) is 14.1 Å². The Balaban J connectivity index is 1.53. The molecule has 0 amide bonds. The molecule has 0 aliphatic carbocycles. The van der Waals surface area contributed by atoms with E-state index in [1.165, 1.54) is 11.1 Å². The summed E-state index contributed by atoms with van der Waals surface area (Å²) in [6, 6.07) is 12.6. The first-order valence-corrected chi connectivity index (χ1v) is 10.2. The van der Waals surface area contributed by atoms with E-state index in [1.807, 2.05) is 19.1 Å². The van der Waals surface area contributed by atoms with Gasteiger partial charge in [-0.05, 0) is 56.5 Å². The van der Waals surface area contributed by atoms with Gasteiger partial charge in [-0.2, -0.15) is 0 Å². The van der Waals surface area contributed by atoms with Gasteiger partial charge in [0.2, 0.25) is 0 Å². The summed E-state index contributed by atoms with van der Waals surface area (Å²) in [4.78, 5) is 7.36. The number of likely N-dealkylation sites (tertiary alicyclic amines) is 1. The van der Waals surface area contributed by atoms with Gasteiger partial charge in [-0.15, -0.1) is 0 Å². The molecule has 1 atom stereocenters. The Labute approximate surface area is 165 Å². The van der Waals surface area contributed by atoms with E-state index in [9.17, 15) is 0 Å². The molecule has 2 aliphatic heterocycles. The molecule has 3 aromatic rings. The molecule has 0 radical (unpaired) electrons. The van der Waals surface area contributed by atoms with Crippen molar-refractivity contribution in [2.45, 2.75) is 44.9 Å². The summed E-state index contributed by atoms with van der Waals surface area (Å²) in [5, 5.41) is 0. The summed E-state index contributed by atoms with van der Waals surface area (Å²) in [6.45, 7) is 5.05. The van der Waals surface area contributed by atoms with Crippen molar-refractivity contribution in [2.75, 3.05) is 20.1 Å². The minimum absolute atomic E-state index is 0.128. The van der Waals surface area contributed by atoms with Crippen LogP contribution in [0, 0.1) is 6.92 Å². The SMILES string of the molecule is Cc1ccc(-c2cn3c(n2)C(OC2CCN(C)CC2)c2ccccc2CC3)o1. The Morgan fingerprint density at radius 1 is 1.07 bits per heavy atom. The average Bonchev–Trinajstić information content (AvgIpc) is 3.29. The third-order valence-electron chi connectivity index (χ3n) is 5.99. The van der Waals surface area contributed by atoms with E-state index < -0.39 is 0 Å². The second kappa shape index (κ2) is 7.22. The average molecular weight is 377 g/mol. The second-order valence-corrected chi connectivity index (χ2v) is 8.06. The normalized spacial score (nSPS) is 20.6. The molecule has 0 spiro atoms. The molecule has 5 rings (SSSR count). The van der Waals surface area contributed by atoms with Crippen molar-refractivity contribution in [1.29, 1.82) is 0 Å². The lowest BCUT2D eigenvalue weighted by Crippen LogP contribution is -2.35. The summed E-state index contributed by atoms with van der Waals surface area (Å²) >= 11 is 0. The van der Waals surface area contributed by atoms with Gasteiger partial charge in [-0.25, -0.2) is 4.98 Å². The van der Waals surface area contributed by atoms with Crippen LogP contribution in [0.1, 0.15) is 41.7 Å². The summed E-state index contributed by atoms with van der Waals surface area (Å²) in [7, 11) is 2.18. The van der Waals surface area contributed by atoms with Crippen molar-refractivity contribution >= 4 is 0 Å². The van der Waals surface area contributed by atoms with Crippen LogP contribution in [-0.2, 0) is 17.7 Å². The third kappa shape index (κ3) is 3.29. The number of ether oxygens (including phenoxy) is 1. The van der Waals surface area contributed by atoms with Crippen LogP contribution in [-0.4, -0.2) is 40.7 Å². The minimum atomic E-state index is -0.128. The van der Waals surface area contributed by atoms with E-state index >= 15 is 0 Å². The highest BCUT2D eigenvalue weighted by Crippen LogP contribution is 2.36. The van der Waals surface area contributed by atoms with Gasteiger partial charge in [0, 0.05) is 25.8 Å². The lowest BCUT2D eigenvalue weighted by molar-refractivity contribution is -0.0275. The van der Waals surface area contributed by atoms with Crippen LogP contribution in [0.3, 0.4) is 0 Å². The summed E-state index contributed by atoms with van der Waals surface area (Å²) in [6.07, 6.45) is 5.39. The summed E-state index contributed by atoms with van der Waals surface area (Å²) in [5.74, 6) is 2.72. The van der Waals surface area contributed by atoms with Crippen LogP contribution in [0.2, 0.25) is 0 Å². The van der Waals surface area contributed by atoms with Crippen LogP contribution < -0.4 is 0 Å². The van der Waals surface area contributed by atoms with Gasteiger partial charge in [0.25, 0.3) is 0 Å². The lowest BCUT2D eigenvalue weighted by atomic mass is 10.00. The van der Waals surface area contributed by atoms with Gasteiger partial charge in [0.1, 0.15) is 23.4 Å². The number of benzene rings is 1. The molecule has 2 aliphatic rings. The quantitative estimate of drug-likeness (QED) is 0.686. The van der Waals surface area contributed by atoms with Gasteiger partial charge in [0.05, 0.1) is 6.10 Å². The number of rotatable bonds is 3. The maximum atomic E-state index is 6.73. The van der Waals surface area contributed by atoms with E-state index in [-0.39, 0.29) is 12.2 Å². The Bertz CT molecular complexity index is 966. The highest BCUT2D eigenvalue weighted by atomic mass is 16.5. The van der Waals surface area contributed by atoms with Crippen molar-refractivity contribution in [2.24, 2.45) is 0 Å². The van der Waals surface area contributed by atoms with Gasteiger partial charge in [-0.1, -0.05) is 24.3 Å². The minimum Gasteiger partial charge on any atom is -0.460 e. The summed E-state index contributed by atoms with van der Waals surface area (Å²) < 4.78 is 14.8. The highest BCUT2D eigenvalue weighted by Gasteiger charge is 2.31. The molecule has 5 heteroatoms. The van der Waals surface area contributed by atoms with Crippen molar-refractivity contribution in [3.8, 4) is 11.5 Å². The monoisotopic (exact) mass is 377 g/mol. The molecule has 1 saturated heterocycles. The van der Waals surface area contributed by atoms with E-state index in [2.05, 4.69) is 47.0 Å². The first-order valence-electron chi connectivity index (χ1n) is 10.2. The zero-order valence-corrected chi connectivity index (χ0v) is 16.6. The zero-order chi connectivity index (χ0) is 19.1. The fraction of sp³-hybridized carbons (Fsp3) is 0.435. The molecule has 1 unspecified atom stereocenters. The molecule has 0 bridgehead atoms.